The van der Waals surface area contributed by atoms with E-state index in [-0.39, 0.29) is 12.1 Å². The van der Waals surface area contributed by atoms with Crippen LogP contribution in [-0.4, -0.2) is 45.3 Å². The van der Waals surface area contributed by atoms with Gasteiger partial charge in [-0.1, -0.05) is 6.07 Å². The number of aryl methyl sites for hydroxylation is 2. The number of aromatic nitrogens is 3. The monoisotopic (exact) mass is 313 g/mol. The predicted octanol–water partition coefficient (Wildman–Crippen LogP) is 2.26. The fourth-order valence-corrected chi connectivity index (χ4v) is 2.97. The molecular formula is C17H23N5O. The number of likely N-dealkylation sites (tertiary alicyclic amines) is 1. The molecule has 1 unspecified atom stereocenters. The minimum Gasteiger partial charge on any atom is -0.336 e. The lowest BCUT2D eigenvalue weighted by Gasteiger charge is -2.39. The molecule has 2 aromatic heterocycles. The van der Waals surface area contributed by atoms with Gasteiger partial charge in [0.15, 0.2) is 0 Å². The van der Waals surface area contributed by atoms with Crippen molar-refractivity contribution < 1.29 is 4.79 Å². The first-order valence-electron chi connectivity index (χ1n) is 8.01. The fraction of sp³-hybridized carbons (Fsp3) is 0.471. The number of nitrogens with zero attached hydrogens (tertiary/aromatic N) is 4. The van der Waals surface area contributed by atoms with Crippen molar-refractivity contribution in [1.82, 2.24) is 25.0 Å². The number of hydrogen-bond acceptors (Lipinski definition) is 3. The Balaban J connectivity index is 1.47. The minimum atomic E-state index is -0.00874. The first-order chi connectivity index (χ1) is 11.0. The SMILES string of the molecule is Cc1cc(C)n(C(C)CNC(=O)N2CC(c3ccccn3)C2)n1. The van der Waals surface area contributed by atoms with E-state index >= 15 is 0 Å². The Labute approximate surface area is 136 Å². The highest BCUT2D eigenvalue weighted by molar-refractivity contribution is 5.75. The van der Waals surface area contributed by atoms with Gasteiger partial charge in [0.25, 0.3) is 0 Å². The van der Waals surface area contributed by atoms with Crippen LogP contribution < -0.4 is 5.32 Å². The van der Waals surface area contributed by atoms with Crippen LogP contribution in [0.1, 0.15) is 36.0 Å². The Hall–Kier alpha value is -2.37. The molecule has 1 aliphatic rings. The van der Waals surface area contributed by atoms with Gasteiger partial charge in [0, 0.05) is 43.1 Å². The van der Waals surface area contributed by atoms with Gasteiger partial charge >= 0.3 is 6.03 Å². The van der Waals surface area contributed by atoms with Crippen molar-refractivity contribution in [3.05, 3.63) is 47.5 Å². The summed E-state index contributed by atoms with van der Waals surface area (Å²) in [6, 6.07) is 8.09. The molecule has 0 radical (unpaired) electrons. The zero-order valence-corrected chi connectivity index (χ0v) is 13.9. The van der Waals surface area contributed by atoms with Gasteiger partial charge in [-0.3, -0.25) is 9.67 Å². The van der Waals surface area contributed by atoms with E-state index in [1.54, 1.807) is 6.20 Å². The van der Waals surface area contributed by atoms with Gasteiger partial charge in [0.05, 0.1) is 11.7 Å². The molecule has 0 saturated carbocycles. The summed E-state index contributed by atoms with van der Waals surface area (Å²) in [6.45, 7) is 8.12. The summed E-state index contributed by atoms with van der Waals surface area (Å²) in [7, 11) is 0. The van der Waals surface area contributed by atoms with Crippen molar-refractivity contribution in [2.45, 2.75) is 32.7 Å². The molecule has 2 aromatic rings. The Morgan fingerprint density at radius 2 is 2.17 bits per heavy atom. The number of carbonyl (C=O) groups is 1. The third kappa shape index (κ3) is 3.36. The van der Waals surface area contributed by atoms with Crippen LogP contribution in [0.5, 0.6) is 0 Å². The molecular weight excluding hydrogens is 290 g/mol. The number of amides is 2. The Morgan fingerprint density at radius 3 is 2.78 bits per heavy atom. The largest absolute Gasteiger partial charge is 0.336 e. The quantitative estimate of drug-likeness (QED) is 0.942. The van der Waals surface area contributed by atoms with Crippen molar-refractivity contribution in [2.24, 2.45) is 0 Å². The average Bonchev–Trinajstić information content (AvgIpc) is 2.83. The van der Waals surface area contributed by atoms with Crippen molar-refractivity contribution in [1.29, 1.82) is 0 Å². The number of urea groups is 1. The van der Waals surface area contributed by atoms with Gasteiger partial charge in [0.1, 0.15) is 0 Å². The Kier molecular flexibility index (Phi) is 4.32. The second-order valence-corrected chi connectivity index (χ2v) is 6.26. The van der Waals surface area contributed by atoms with Gasteiger partial charge in [0.2, 0.25) is 0 Å². The van der Waals surface area contributed by atoms with E-state index in [0.717, 1.165) is 30.2 Å². The molecule has 0 spiro atoms. The van der Waals surface area contributed by atoms with Crippen LogP contribution in [0.3, 0.4) is 0 Å². The molecule has 0 aromatic carbocycles. The van der Waals surface area contributed by atoms with Gasteiger partial charge in [-0.2, -0.15) is 5.10 Å². The standard InChI is InChI=1S/C17H23N5O/c1-12-8-13(2)22(20-12)14(3)9-19-17(23)21-10-15(11-21)16-6-4-5-7-18-16/h4-8,14-15H,9-11H2,1-3H3,(H,19,23). The third-order valence-corrected chi connectivity index (χ3v) is 4.29. The van der Waals surface area contributed by atoms with Crippen LogP contribution in [0.15, 0.2) is 30.5 Å². The molecule has 3 rings (SSSR count). The van der Waals surface area contributed by atoms with E-state index in [9.17, 15) is 4.79 Å². The van der Waals surface area contributed by atoms with Gasteiger partial charge < -0.3 is 10.2 Å². The zero-order chi connectivity index (χ0) is 16.4. The van der Waals surface area contributed by atoms with E-state index in [1.165, 1.54) is 0 Å². The molecule has 3 heterocycles. The summed E-state index contributed by atoms with van der Waals surface area (Å²) in [5.41, 5.74) is 3.18. The predicted molar refractivity (Wildman–Crippen MR) is 88.4 cm³/mol. The van der Waals surface area contributed by atoms with Crippen LogP contribution in [0.2, 0.25) is 0 Å². The third-order valence-electron chi connectivity index (χ3n) is 4.29. The molecule has 0 bridgehead atoms. The fourth-order valence-electron chi connectivity index (χ4n) is 2.97. The summed E-state index contributed by atoms with van der Waals surface area (Å²) in [5, 5.41) is 7.46. The maximum Gasteiger partial charge on any atom is 0.317 e. The zero-order valence-electron chi connectivity index (χ0n) is 13.9. The van der Waals surface area contributed by atoms with Crippen molar-refractivity contribution >= 4 is 6.03 Å². The van der Waals surface area contributed by atoms with Crippen LogP contribution in [0.4, 0.5) is 4.79 Å². The summed E-state index contributed by atoms with van der Waals surface area (Å²) in [5.74, 6) is 0.357. The Morgan fingerprint density at radius 1 is 1.39 bits per heavy atom. The molecule has 1 aliphatic heterocycles. The molecule has 0 aliphatic carbocycles. The first-order valence-corrected chi connectivity index (χ1v) is 8.01. The lowest BCUT2D eigenvalue weighted by Crippen LogP contribution is -2.53. The van der Waals surface area contributed by atoms with Crippen LogP contribution in [0, 0.1) is 13.8 Å². The van der Waals surface area contributed by atoms with Crippen LogP contribution >= 0.6 is 0 Å². The summed E-state index contributed by atoms with van der Waals surface area (Å²) in [6.07, 6.45) is 1.80. The van der Waals surface area contributed by atoms with Gasteiger partial charge in [-0.05, 0) is 39.0 Å². The maximum atomic E-state index is 12.2. The molecule has 23 heavy (non-hydrogen) atoms. The van der Waals surface area contributed by atoms with Crippen LogP contribution in [0.25, 0.3) is 0 Å². The first kappa shape index (κ1) is 15.5. The summed E-state index contributed by atoms with van der Waals surface area (Å²) >= 11 is 0. The average molecular weight is 313 g/mol. The molecule has 6 heteroatoms. The molecule has 6 nitrogen and oxygen atoms in total. The second kappa shape index (κ2) is 6.40. The van der Waals surface area contributed by atoms with Gasteiger partial charge in [-0.25, -0.2) is 4.79 Å². The lowest BCUT2D eigenvalue weighted by atomic mass is 9.96. The molecule has 2 amide bonds. The lowest BCUT2D eigenvalue weighted by molar-refractivity contribution is 0.148. The molecule has 1 atom stereocenters. The highest BCUT2D eigenvalue weighted by Gasteiger charge is 2.32. The number of carbonyl (C=O) groups excluding carboxylic acids is 1. The maximum absolute atomic E-state index is 12.2. The van der Waals surface area contributed by atoms with E-state index in [2.05, 4.69) is 22.3 Å². The highest BCUT2D eigenvalue weighted by atomic mass is 16.2. The van der Waals surface area contributed by atoms with Crippen molar-refractivity contribution in [3.8, 4) is 0 Å². The van der Waals surface area contributed by atoms with E-state index in [4.69, 9.17) is 0 Å². The molecule has 122 valence electrons. The van der Waals surface area contributed by atoms with Gasteiger partial charge in [-0.15, -0.1) is 0 Å². The minimum absolute atomic E-state index is 0.00874. The van der Waals surface area contributed by atoms with E-state index < -0.39 is 0 Å². The topological polar surface area (TPSA) is 63.1 Å². The van der Waals surface area contributed by atoms with E-state index in [1.807, 2.05) is 47.7 Å². The number of rotatable bonds is 4. The van der Waals surface area contributed by atoms with E-state index in [0.29, 0.717) is 12.5 Å². The molecule has 1 saturated heterocycles. The number of nitrogens with one attached hydrogen (secondary N) is 1. The highest BCUT2D eigenvalue weighted by Crippen LogP contribution is 2.25. The smallest absolute Gasteiger partial charge is 0.317 e. The summed E-state index contributed by atoms with van der Waals surface area (Å²) in [4.78, 5) is 18.4. The number of hydrogen-bond donors (Lipinski definition) is 1. The van der Waals surface area contributed by atoms with Crippen molar-refractivity contribution in [2.75, 3.05) is 19.6 Å². The van der Waals surface area contributed by atoms with Crippen LogP contribution in [-0.2, 0) is 0 Å². The number of pyridine rings is 1. The van der Waals surface area contributed by atoms with Crippen molar-refractivity contribution in [3.63, 3.8) is 0 Å². The molecule has 1 fully saturated rings. The normalized spacial score (nSPS) is 16.0. The second-order valence-electron chi connectivity index (χ2n) is 6.26. The molecule has 1 N–H and O–H groups in total. The summed E-state index contributed by atoms with van der Waals surface area (Å²) < 4.78 is 1.96. The Bertz CT molecular complexity index is 676.